The van der Waals surface area contributed by atoms with Crippen LogP contribution >= 0.6 is 12.4 Å². The van der Waals surface area contributed by atoms with E-state index in [1.807, 2.05) is 4.90 Å². The molecule has 1 saturated heterocycles. The Morgan fingerprint density at radius 3 is 2.63 bits per heavy atom. The molecule has 7 nitrogen and oxygen atoms in total. The molecule has 2 aromatic rings. The highest BCUT2D eigenvalue weighted by Gasteiger charge is 2.22. The summed E-state index contributed by atoms with van der Waals surface area (Å²) < 4.78 is 1.48. The molecule has 0 aliphatic carbocycles. The van der Waals surface area contributed by atoms with Crippen molar-refractivity contribution in [1.82, 2.24) is 19.8 Å². The van der Waals surface area contributed by atoms with Crippen LogP contribution in [0.3, 0.4) is 0 Å². The van der Waals surface area contributed by atoms with Gasteiger partial charge in [0.25, 0.3) is 5.56 Å². The predicted octanol–water partition coefficient (Wildman–Crippen LogP) is 1.35. The largest absolute Gasteiger partial charge is 0.343 e. The molecule has 8 heteroatoms. The van der Waals surface area contributed by atoms with Gasteiger partial charge in [0.15, 0.2) is 0 Å². The molecule has 0 radical (unpaired) electrons. The van der Waals surface area contributed by atoms with Crippen molar-refractivity contribution < 1.29 is 4.79 Å². The van der Waals surface area contributed by atoms with E-state index in [0.29, 0.717) is 16.8 Å². The zero-order chi connectivity index (χ0) is 18.5. The third-order valence-corrected chi connectivity index (χ3v) is 5.10. The lowest BCUT2D eigenvalue weighted by Gasteiger charge is -2.32. The first-order chi connectivity index (χ1) is 12.6. The van der Waals surface area contributed by atoms with Gasteiger partial charge in [0, 0.05) is 26.1 Å². The Morgan fingerprint density at radius 1 is 1.22 bits per heavy atom. The molecule has 0 bridgehead atoms. The maximum absolute atomic E-state index is 12.5. The van der Waals surface area contributed by atoms with Crippen molar-refractivity contribution in [2.24, 2.45) is 5.92 Å². The molecule has 3 rings (SSSR count). The van der Waals surface area contributed by atoms with Crippen LogP contribution in [0.5, 0.6) is 0 Å². The number of para-hydroxylation sites is 1. The Hall–Kier alpha value is -2.12. The summed E-state index contributed by atoms with van der Waals surface area (Å²) >= 11 is 0. The summed E-state index contributed by atoms with van der Waals surface area (Å²) in [6.45, 7) is 5.90. The van der Waals surface area contributed by atoms with E-state index in [2.05, 4.69) is 17.2 Å². The van der Waals surface area contributed by atoms with Gasteiger partial charge in [-0.2, -0.15) is 0 Å². The second-order valence-corrected chi connectivity index (χ2v) is 6.81. The van der Waals surface area contributed by atoms with Crippen molar-refractivity contribution in [2.75, 3.05) is 26.2 Å². The molecule has 1 fully saturated rings. The van der Waals surface area contributed by atoms with Crippen molar-refractivity contribution in [3.05, 3.63) is 45.1 Å². The van der Waals surface area contributed by atoms with Crippen LogP contribution in [0.15, 0.2) is 33.9 Å². The lowest BCUT2D eigenvalue weighted by molar-refractivity contribution is -0.132. The maximum atomic E-state index is 12.5. The third kappa shape index (κ3) is 4.99. The number of hydrogen-bond donors (Lipinski definition) is 2. The van der Waals surface area contributed by atoms with Gasteiger partial charge in [-0.05, 0) is 44.0 Å². The highest BCUT2D eigenvalue weighted by molar-refractivity contribution is 5.85. The number of aromatic nitrogens is 2. The van der Waals surface area contributed by atoms with Crippen LogP contribution in [0.4, 0.5) is 0 Å². The first-order valence-corrected chi connectivity index (χ1v) is 9.30. The molecule has 148 valence electrons. The monoisotopic (exact) mass is 394 g/mol. The fourth-order valence-electron chi connectivity index (χ4n) is 3.56. The molecule has 2 N–H and O–H groups in total. The van der Waals surface area contributed by atoms with E-state index in [1.165, 1.54) is 4.57 Å². The van der Waals surface area contributed by atoms with E-state index in [0.717, 1.165) is 39.0 Å². The molecular weight excluding hydrogens is 368 g/mol. The maximum Gasteiger partial charge on any atom is 0.328 e. The second kappa shape index (κ2) is 9.71. The first-order valence-electron chi connectivity index (χ1n) is 9.30. The summed E-state index contributed by atoms with van der Waals surface area (Å²) in [5.74, 6) is 0.693. The number of nitrogens with zero attached hydrogens (tertiary/aromatic N) is 2. The number of amides is 1. The Balaban J connectivity index is 0.00000261. The number of H-pyrrole nitrogens is 1. The molecule has 0 unspecified atom stereocenters. The van der Waals surface area contributed by atoms with Crippen LogP contribution in [-0.2, 0) is 11.3 Å². The fourth-order valence-corrected chi connectivity index (χ4v) is 3.56. The number of rotatable bonds is 6. The van der Waals surface area contributed by atoms with Gasteiger partial charge in [0.05, 0.1) is 10.9 Å². The van der Waals surface area contributed by atoms with Gasteiger partial charge < -0.3 is 10.2 Å². The van der Waals surface area contributed by atoms with Crippen LogP contribution in [0.25, 0.3) is 10.9 Å². The smallest absolute Gasteiger partial charge is 0.328 e. The van der Waals surface area contributed by atoms with E-state index in [4.69, 9.17) is 0 Å². The number of halogens is 1. The quantitative estimate of drug-likeness (QED) is 0.774. The summed E-state index contributed by atoms with van der Waals surface area (Å²) in [4.78, 5) is 40.8. The van der Waals surface area contributed by atoms with Crippen molar-refractivity contribution >= 4 is 29.2 Å². The molecular formula is C19H27ClN4O3. The van der Waals surface area contributed by atoms with E-state index in [9.17, 15) is 14.4 Å². The summed E-state index contributed by atoms with van der Waals surface area (Å²) in [5, 5.41) is 3.83. The van der Waals surface area contributed by atoms with Gasteiger partial charge in [0.2, 0.25) is 5.91 Å². The average Bonchev–Trinajstić information content (AvgIpc) is 2.66. The minimum Gasteiger partial charge on any atom is -0.343 e. The van der Waals surface area contributed by atoms with Crippen molar-refractivity contribution in [1.29, 1.82) is 0 Å². The van der Waals surface area contributed by atoms with Crippen LogP contribution < -0.4 is 16.6 Å². The highest BCUT2D eigenvalue weighted by Crippen LogP contribution is 2.17. The predicted molar refractivity (Wildman–Crippen MR) is 109 cm³/mol. The minimum absolute atomic E-state index is 0. The van der Waals surface area contributed by atoms with E-state index < -0.39 is 11.2 Å². The Morgan fingerprint density at radius 2 is 1.93 bits per heavy atom. The number of piperidine rings is 1. The summed E-state index contributed by atoms with van der Waals surface area (Å²) in [7, 11) is 0. The van der Waals surface area contributed by atoms with Crippen molar-refractivity contribution in [3.8, 4) is 0 Å². The topological polar surface area (TPSA) is 87.2 Å². The zero-order valence-electron chi connectivity index (χ0n) is 15.6. The van der Waals surface area contributed by atoms with Gasteiger partial charge in [-0.1, -0.05) is 19.1 Å². The lowest BCUT2D eigenvalue weighted by atomic mass is 9.96. The molecule has 1 aromatic heterocycles. The number of fused-ring (bicyclic) bond motifs is 1. The summed E-state index contributed by atoms with van der Waals surface area (Å²) in [6, 6.07) is 6.97. The number of likely N-dealkylation sites (tertiary alicyclic amines) is 1. The van der Waals surface area contributed by atoms with Gasteiger partial charge in [-0.25, -0.2) is 4.79 Å². The number of benzene rings is 1. The molecule has 1 amide bonds. The SMILES string of the molecule is CCNCC1CCN(C(=O)CCn2c(=O)[nH]c(=O)c3ccccc32)CC1.Cl. The van der Waals surface area contributed by atoms with Gasteiger partial charge >= 0.3 is 5.69 Å². The number of hydrogen-bond acceptors (Lipinski definition) is 4. The van der Waals surface area contributed by atoms with Crippen molar-refractivity contribution in [3.63, 3.8) is 0 Å². The van der Waals surface area contributed by atoms with E-state index >= 15 is 0 Å². The molecule has 0 atom stereocenters. The Kier molecular flexibility index (Phi) is 7.62. The number of carbonyl (C=O) groups excluding carboxylic acids is 1. The van der Waals surface area contributed by atoms with Gasteiger partial charge in [-0.3, -0.25) is 19.1 Å². The highest BCUT2D eigenvalue weighted by atomic mass is 35.5. The minimum atomic E-state index is -0.467. The van der Waals surface area contributed by atoms with E-state index in [1.54, 1.807) is 24.3 Å². The molecule has 1 aliphatic rings. The fraction of sp³-hybridized carbons (Fsp3) is 0.526. The molecule has 27 heavy (non-hydrogen) atoms. The molecule has 0 saturated carbocycles. The number of nitrogens with one attached hydrogen (secondary N) is 2. The van der Waals surface area contributed by atoms with Gasteiger partial charge in [-0.15, -0.1) is 12.4 Å². The second-order valence-electron chi connectivity index (χ2n) is 6.81. The standard InChI is InChI=1S/C19H26N4O3.ClH/c1-2-20-13-14-7-10-22(11-8-14)17(24)9-12-23-16-6-4-3-5-15(16)18(25)21-19(23)26;/h3-6,14,20H,2,7-13H2,1H3,(H,21,25,26);1H. The van der Waals surface area contributed by atoms with Crippen LogP contribution in [0.1, 0.15) is 26.2 Å². The van der Waals surface area contributed by atoms with Crippen LogP contribution in [-0.4, -0.2) is 46.5 Å². The third-order valence-electron chi connectivity index (χ3n) is 5.10. The lowest BCUT2D eigenvalue weighted by Crippen LogP contribution is -2.41. The zero-order valence-corrected chi connectivity index (χ0v) is 16.4. The number of carbonyl (C=O) groups is 1. The normalized spacial score (nSPS) is 14.9. The molecule has 1 aromatic carbocycles. The van der Waals surface area contributed by atoms with Crippen molar-refractivity contribution in [2.45, 2.75) is 32.7 Å². The number of aryl methyl sites for hydroxylation is 1. The molecule has 2 heterocycles. The molecule has 1 aliphatic heterocycles. The first kappa shape index (κ1) is 21.2. The van der Waals surface area contributed by atoms with Crippen LogP contribution in [0, 0.1) is 5.92 Å². The van der Waals surface area contributed by atoms with Crippen LogP contribution in [0.2, 0.25) is 0 Å². The van der Waals surface area contributed by atoms with E-state index in [-0.39, 0.29) is 31.3 Å². The number of aromatic amines is 1. The summed E-state index contributed by atoms with van der Waals surface area (Å²) in [5.41, 5.74) is -0.291. The summed E-state index contributed by atoms with van der Waals surface area (Å²) in [6.07, 6.45) is 2.29. The van der Waals surface area contributed by atoms with Gasteiger partial charge in [0.1, 0.15) is 0 Å². The Labute approximate surface area is 164 Å². The Bertz CT molecular complexity index is 884. The average molecular weight is 395 g/mol. The molecule has 0 spiro atoms.